The molecule has 1 aromatic heterocycles. The maximum Gasteiger partial charge on any atom is 0.313 e. The summed E-state index contributed by atoms with van der Waals surface area (Å²) in [4.78, 5) is 12.4. The largest absolute Gasteiger partial charge is 0.481 e. The van der Waals surface area contributed by atoms with Crippen molar-refractivity contribution in [1.29, 1.82) is 0 Å². The van der Waals surface area contributed by atoms with Crippen LogP contribution < -0.4 is 4.90 Å². The second-order valence-corrected chi connectivity index (χ2v) is 5.19. The van der Waals surface area contributed by atoms with Crippen molar-refractivity contribution in [1.82, 2.24) is 14.8 Å². The van der Waals surface area contributed by atoms with Gasteiger partial charge in [-0.1, -0.05) is 11.8 Å². The summed E-state index contributed by atoms with van der Waals surface area (Å²) in [5.41, 5.74) is 0.772. The maximum atomic E-state index is 13.0. The van der Waals surface area contributed by atoms with E-state index >= 15 is 0 Å². The van der Waals surface area contributed by atoms with Crippen LogP contribution in [-0.4, -0.2) is 38.6 Å². The normalized spacial score (nSPS) is 10.6. The van der Waals surface area contributed by atoms with Crippen molar-refractivity contribution in [3.8, 4) is 0 Å². The molecule has 0 aliphatic rings. The highest BCUT2D eigenvalue weighted by Crippen LogP contribution is 2.26. The molecule has 1 N–H and O–H groups in total. The molecule has 0 atom stereocenters. The van der Waals surface area contributed by atoms with Gasteiger partial charge in [-0.05, 0) is 31.2 Å². The number of benzene rings is 1. The third-order valence-corrected chi connectivity index (χ3v) is 3.80. The number of thioether (sulfide) groups is 1. The van der Waals surface area contributed by atoms with Gasteiger partial charge >= 0.3 is 5.97 Å². The van der Waals surface area contributed by atoms with Gasteiger partial charge in [0, 0.05) is 19.3 Å². The SMILES string of the molecule is CCn1c(SCC(=O)O)nnc1N(C)c1ccc(F)cc1. The lowest BCUT2D eigenvalue weighted by Crippen LogP contribution is -2.15. The quantitative estimate of drug-likeness (QED) is 0.826. The molecule has 2 rings (SSSR count). The summed E-state index contributed by atoms with van der Waals surface area (Å²) in [7, 11) is 1.80. The minimum absolute atomic E-state index is 0.0710. The molecule has 0 unspecified atom stereocenters. The van der Waals surface area contributed by atoms with Gasteiger partial charge in [0.05, 0.1) is 5.75 Å². The second kappa shape index (κ2) is 6.57. The number of rotatable bonds is 6. The van der Waals surface area contributed by atoms with Crippen LogP contribution in [0.25, 0.3) is 0 Å². The Kier molecular flexibility index (Phi) is 4.79. The van der Waals surface area contributed by atoms with Gasteiger partial charge in [-0.3, -0.25) is 9.36 Å². The average Bonchev–Trinajstić information content (AvgIpc) is 2.88. The van der Waals surface area contributed by atoms with E-state index in [1.165, 1.54) is 12.1 Å². The Balaban J connectivity index is 2.26. The van der Waals surface area contributed by atoms with Crippen LogP contribution in [0.3, 0.4) is 0 Å². The zero-order valence-corrected chi connectivity index (χ0v) is 12.5. The molecule has 2 aromatic rings. The van der Waals surface area contributed by atoms with Crippen LogP contribution in [0.15, 0.2) is 29.4 Å². The van der Waals surface area contributed by atoms with Crippen LogP contribution in [0.5, 0.6) is 0 Å². The number of nitrogens with zero attached hydrogens (tertiary/aromatic N) is 4. The van der Waals surface area contributed by atoms with Crippen LogP contribution in [0, 0.1) is 5.82 Å². The topological polar surface area (TPSA) is 71.2 Å². The highest BCUT2D eigenvalue weighted by atomic mass is 32.2. The van der Waals surface area contributed by atoms with E-state index in [4.69, 9.17) is 5.11 Å². The van der Waals surface area contributed by atoms with Crippen LogP contribution in [-0.2, 0) is 11.3 Å². The standard InChI is InChI=1S/C13H15FN4O2S/c1-3-18-12(15-16-13(18)21-8-11(19)20)17(2)10-6-4-9(14)5-7-10/h4-7H,3,8H2,1-2H3,(H,19,20). The van der Waals surface area contributed by atoms with Crippen molar-refractivity contribution >= 4 is 29.4 Å². The van der Waals surface area contributed by atoms with Crippen molar-refractivity contribution in [3.05, 3.63) is 30.1 Å². The number of aliphatic carboxylic acids is 1. The van der Waals surface area contributed by atoms with Gasteiger partial charge in [0.1, 0.15) is 5.82 Å². The molecule has 0 saturated heterocycles. The lowest BCUT2D eigenvalue weighted by atomic mass is 10.3. The third-order valence-electron chi connectivity index (χ3n) is 2.85. The molecule has 0 spiro atoms. The van der Waals surface area contributed by atoms with E-state index in [2.05, 4.69) is 10.2 Å². The highest BCUT2D eigenvalue weighted by Gasteiger charge is 2.16. The van der Waals surface area contributed by atoms with Gasteiger partial charge in [-0.25, -0.2) is 4.39 Å². The third kappa shape index (κ3) is 3.52. The van der Waals surface area contributed by atoms with Gasteiger partial charge < -0.3 is 10.0 Å². The number of anilines is 2. The number of carboxylic acid groups (broad SMARTS) is 1. The molecule has 8 heteroatoms. The number of aromatic nitrogens is 3. The molecule has 0 radical (unpaired) electrons. The number of carboxylic acids is 1. The summed E-state index contributed by atoms with van der Waals surface area (Å²) < 4.78 is 14.8. The van der Waals surface area contributed by atoms with E-state index in [0.717, 1.165) is 17.4 Å². The monoisotopic (exact) mass is 310 g/mol. The van der Waals surface area contributed by atoms with Crippen LogP contribution >= 0.6 is 11.8 Å². The molecular weight excluding hydrogens is 295 g/mol. The zero-order chi connectivity index (χ0) is 15.4. The zero-order valence-electron chi connectivity index (χ0n) is 11.7. The molecule has 0 bridgehead atoms. The van der Waals surface area contributed by atoms with Crippen molar-refractivity contribution in [2.24, 2.45) is 0 Å². The Morgan fingerprint density at radius 2 is 2.05 bits per heavy atom. The van der Waals surface area contributed by atoms with E-state index < -0.39 is 5.97 Å². The van der Waals surface area contributed by atoms with Gasteiger partial charge in [-0.2, -0.15) is 0 Å². The van der Waals surface area contributed by atoms with Gasteiger partial charge in [0.25, 0.3) is 0 Å². The first kappa shape index (κ1) is 15.3. The molecule has 0 aliphatic carbocycles. The fourth-order valence-corrected chi connectivity index (χ4v) is 2.54. The van der Waals surface area contributed by atoms with Crippen LogP contribution in [0.1, 0.15) is 6.92 Å². The van der Waals surface area contributed by atoms with Crippen LogP contribution in [0.2, 0.25) is 0 Å². The molecule has 6 nitrogen and oxygen atoms in total. The minimum Gasteiger partial charge on any atom is -0.481 e. The van der Waals surface area contributed by atoms with Crippen molar-refractivity contribution < 1.29 is 14.3 Å². The van der Waals surface area contributed by atoms with Crippen molar-refractivity contribution in [2.45, 2.75) is 18.6 Å². The van der Waals surface area contributed by atoms with Gasteiger partial charge in [0.15, 0.2) is 5.16 Å². The fraction of sp³-hybridized carbons (Fsp3) is 0.308. The van der Waals surface area contributed by atoms with Gasteiger partial charge in [0.2, 0.25) is 5.95 Å². The van der Waals surface area contributed by atoms with E-state index in [1.807, 2.05) is 11.5 Å². The Morgan fingerprint density at radius 1 is 1.38 bits per heavy atom. The summed E-state index contributed by atoms with van der Waals surface area (Å²) in [6, 6.07) is 6.04. The molecule has 1 aromatic carbocycles. The molecule has 112 valence electrons. The Morgan fingerprint density at radius 3 is 2.62 bits per heavy atom. The molecule has 21 heavy (non-hydrogen) atoms. The number of hydrogen-bond acceptors (Lipinski definition) is 5. The summed E-state index contributed by atoms with van der Waals surface area (Å²) in [5, 5.41) is 17.4. The first-order valence-electron chi connectivity index (χ1n) is 6.30. The van der Waals surface area contributed by atoms with E-state index in [1.54, 1.807) is 24.1 Å². The Labute approximate surface area is 125 Å². The first-order valence-corrected chi connectivity index (χ1v) is 7.28. The second-order valence-electron chi connectivity index (χ2n) is 4.24. The van der Waals surface area contributed by atoms with E-state index in [0.29, 0.717) is 17.6 Å². The lowest BCUT2D eigenvalue weighted by Gasteiger charge is -2.18. The summed E-state index contributed by atoms with van der Waals surface area (Å²) in [6.45, 7) is 2.53. The van der Waals surface area contributed by atoms with E-state index in [-0.39, 0.29) is 11.6 Å². The molecular formula is C13H15FN4O2S. The number of carbonyl (C=O) groups is 1. The predicted octanol–water partition coefficient (Wildman–Crippen LogP) is 2.38. The molecule has 0 amide bonds. The van der Waals surface area contributed by atoms with Crippen molar-refractivity contribution in [3.63, 3.8) is 0 Å². The first-order chi connectivity index (χ1) is 10.0. The number of halogens is 1. The molecule has 0 aliphatic heterocycles. The smallest absolute Gasteiger partial charge is 0.313 e. The Hall–Kier alpha value is -2.09. The van der Waals surface area contributed by atoms with Crippen LogP contribution in [0.4, 0.5) is 16.0 Å². The molecule has 1 heterocycles. The van der Waals surface area contributed by atoms with E-state index in [9.17, 15) is 9.18 Å². The van der Waals surface area contributed by atoms with Crippen molar-refractivity contribution in [2.75, 3.05) is 17.7 Å². The minimum atomic E-state index is -0.904. The van der Waals surface area contributed by atoms with Gasteiger partial charge in [-0.15, -0.1) is 10.2 Å². The average molecular weight is 310 g/mol. The highest BCUT2D eigenvalue weighted by molar-refractivity contribution is 7.99. The number of hydrogen-bond donors (Lipinski definition) is 1. The summed E-state index contributed by atoms with van der Waals surface area (Å²) in [5.74, 6) is -0.698. The maximum absolute atomic E-state index is 13.0. The Bertz CT molecular complexity index is 630. The summed E-state index contributed by atoms with van der Waals surface area (Å²) >= 11 is 1.12. The summed E-state index contributed by atoms with van der Waals surface area (Å²) in [6.07, 6.45) is 0. The molecule has 0 fully saturated rings. The fourth-order valence-electron chi connectivity index (χ4n) is 1.82. The lowest BCUT2D eigenvalue weighted by molar-refractivity contribution is -0.133. The molecule has 0 saturated carbocycles. The predicted molar refractivity (Wildman–Crippen MR) is 78.5 cm³/mol.